The molecule has 246 valence electrons. The zero-order valence-corrected chi connectivity index (χ0v) is 26.6. The summed E-state index contributed by atoms with van der Waals surface area (Å²) in [5, 5.41) is 5.97. The van der Waals surface area contributed by atoms with Gasteiger partial charge in [0.25, 0.3) is 5.91 Å². The molecule has 3 fully saturated rings. The quantitative estimate of drug-likeness (QED) is 0.405. The molecule has 0 bridgehead atoms. The van der Waals surface area contributed by atoms with Crippen LogP contribution in [0.3, 0.4) is 0 Å². The highest BCUT2D eigenvalue weighted by Gasteiger charge is 2.41. The number of halogens is 3. The van der Waals surface area contributed by atoms with Crippen LogP contribution >= 0.6 is 0 Å². The first-order chi connectivity index (χ1) is 21.5. The average Bonchev–Trinajstić information content (AvgIpc) is 3.66. The number of carbonyl (C=O) groups is 2. The molecule has 5 rings (SSSR count). The van der Waals surface area contributed by atoms with Crippen LogP contribution in [0.25, 0.3) is 0 Å². The van der Waals surface area contributed by atoms with Gasteiger partial charge in [-0.05, 0) is 103 Å². The molecule has 2 amide bonds. The van der Waals surface area contributed by atoms with E-state index in [2.05, 4.69) is 37.4 Å². The molecule has 10 nitrogen and oxygen atoms in total. The molecule has 1 saturated carbocycles. The van der Waals surface area contributed by atoms with Crippen molar-refractivity contribution in [2.75, 3.05) is 58.0 Å². The molecule has 1 aliphatic carbocycles. The minimum atomic E-state index is -4.68. The van der Waals surface area contributed by atoms with Crippen molar-refractivity contribution in [1.29, 1.82) is 0 Å². The molecule has 2 N–H and O–H groups in total. The Kier molecular flexibility index (Phi) is 10.2. The van der Waals surface area contributed by atoms with E-state index in [-0.39, 0.29) is 35.8 Å². The number of benzene rings is 1. The lowest BCUT2D eigenvalue weighted by Crippen LogP contribution is -2.50. The molecule has 0 radical (unpaired) electrons. The van der Waals surface area contributed by atoms with Gasteiger partial charge in [-0.25, -0.2) is 4.98 Å². The molecule has 0 spiro atoms. The van der Waals surface area contributed by atoms with Crippen molar-refractivity contribution in [1.82, 2.24) is 29.6 Å². The fraction of sp³-hybridized carbons (Fsp3) is 0.625. The Hall–Kier alpha value is -3.45. The van der Waals surface area contributed by atoms with Crippen molar-refractivity contribution in [2.24, 2.45) is 5.92 Å². The third kappa shape index (κ3) is 7.51. The van der Waals surface area contributed by atoms with Gasteiger partial charge in [0.1, 0.15) is 11.4 Å². The van der Waals surface area contributed by atoms with Gasteiger partial charge >= 0.3 is 6.18 Å². The zero-order chi connectivity index (χ0) is 32.3. The first kappa shape index (κ1) is 32.9. The summed E-state index contributed by atoms with van der Waals surface area (Å²) in [6.45, 7) is 5.30. The smallest absolute Gasteiger partial charge is 0.366 e. The van der Waals surface area contributed by atoms with Gasteiger partial charge in [-0.2, -0.15) is 18.2 Å². The van der Waals surface area contributed by atoms with Gasteiger partial charge in [0.05, 0.1) is 12.1 Å². The maximum Gasteiger partial charge on any atom is 0.421 e. The summed E-state index contributed by atoms with van der Waals surface area (Å²) in [6.07, 6.45) is 1.77. The van der Waals surface area contributed by atoms with E-state index < -0.39 is 23.7 Å². The fourth-order valence-electron chi connectivity index (χ4n) is 6.95. The number of likely N-dealkylation sites (tertiary alicyclic amines) is 2. The third-order valence-electron chi connectivity index (χ3n) is 9.66. The van der Waals surface area contributed by atoms with Crippen LogP contribution in [0, 0.1) is 5.92 Å². The molecule has 2 aliphatic heterocycles. The Balaban J connectivity index is 1.29. The Bertz CT molecular complexity index is 1330. The number of nitrogens with one attached hydrogen (secondary N) is 2. The summed E-state index contributed by atoms with van der Waals surface area (Å²) < 4.78 is 42.1. The maximum atomic E-state index is 14.0. The van der Waals surface area contributed by atoms with Gasteiger partial charge in [0.2, 0.25) is 11.9 Å². The third-order valence-corrected chi connectivity index (χ3v) is 9.66. The van der Waals surface area contributed by atoms with Gasteiger partial charge in [0.15, 0.2) is 0 Å². The summed E-state index contributed by atoms with van der Waals surface area (Å²) in [4.78, 5) is 43.0. The minimum Gasteiger partial charge on any atom is -0.366 e. The van der Waals surface area contributed by atoms with E-state index in [4.69, 9.17) is 0 Å². The topological polar surface area (TPSA) is 96.9 Å². The molecular weight excluding hydrogens is 585 g/mol. The predicted molar refractivity (Wildman–Crippen MR) is 167 cm³/mol. The zero-order valence-electron chi connectivity index (χ0n) is 26.6. The van der Waals surface area contributed by atoms with Crippen LogP contribution < -0.4 is 10.6 Å². The molecule has 1 aromatic heterocycles. The second kappa shape index (κ2) is 13.9. The van der Waals surface area contributed by atoms with E-state index >= 15 is 0 Å². The summed E-state index contributed by atoms with van der Waals surface area (Å²) in [6, 6.07) is 6.46. The second-order valence-electron chi connectivity index (χ2n) is 12.6. The van der Waals surface area contributed by atoms with E-state index in [1.165, 1.54) is 0 Å². The molecule has 2 aromatic rings. The van der Waals surface area contributed by atoms with Gasteiger partial charge < -0.3 is 25.3 Å². The number of alkyl halides is 3. The molecule has 3 aliphatic rings. The monoisotopic (exact) mass is 630 g/mol. The first-order valence-electron chi connectivity index (χ1n) is 16.0. The molecule has 3 atom stereocenters. The number of aromatic nitrogens is 2. The fourth-order valence-corrected chi connectivity index (χ4v) is 6.95. The van der Waals surface area contributed by atoms with Crippen LogP contribution in [0.4, 0.5) is 30.6 Å². The molecule has 1 aromatic carbocycles. The Morgan fingerprint density at radius 2 is 1.71 bits per heavy atom. The van der Waals surface area contributed by atoms with Crippen LogP contribution in [-0.2, 0) is 11.0 Å². The van der Waals surface area contributed by atoms with Crippen molar-refractivity contribution in [3.63, 3.8) is 0 Å². The van der Waals surface area contributed by atoms with Gasteiger partial charge in [-0.3, -0.25) is 14.5 Å². The predicted octanol–water partition coefficient (Wildman–Crippen LogP) is 4.89. The van der Waals surface area contributed by atoms with Gasteiger partial charge in [0, 0.05) is 43.1 Å². The summed E-state index contributed by atoms with van der Waals surface area (Å²) in [5.74, 6) is -0.906. The highest BCUT2D eigenvalue weighted by atomic mass is 19.4. The largest absolute Gasteiger partial charge is 0.421 e. The molecule has 13 heteroatoms. The standard InChI is InChI=1S/C32H45F3N8O2/c1-5-43(27-10-7-17-41(27)3)30(45)24-8-6-9-26(24)38-28-25(32(33,34)35)20-36-31(39-28)37-22-13-11-21(12-14-22)29(44)42(4)23-15-18-40(2)19-16-23/h11-14,20,23-24,26-27H,5-10,15-19H2,1-4H3,(H2,36,37,38,39)/t24-,26+,27?/m0/s1. The number of rotatable bonds is 9. The van der Waals surface area contributed by atoms with Crippen molar-refractivity contribution in [2.45, 2.75) is 76.3 Å². The Morgan fingerprint density at radius 3 is 2.33 bits per heavy atom. The second-order valence-corrected chi connectivity index (χ2v) is 12.6. The van der Waals surface area contributed by atoms with Crippen molar-refractivity contribution in [3.05, 3.63) is 41.6 Å². The van der Waals surface area contributed by atoms with Crippen LogP contribution in [-0.4, -0.2) is 107 Å². The number of carbonyl (C=O) groups excluding carboxylic acids is 2. The van der Waals surface area contributed by atoms with Gasteiger partial charge in [-0.15, -0.1) is 0 Å². The van der Waals surface area contributed by atoms with E-state index in [1.807, 2.05) is 25.9 Å². The highest BCUT2D eigenvalue weighted by molar-refractivity contribution is 5.94. The van der Waals surface area contributed by atoms with E-state index in [9.17, 15) is 22.8 Å². The summed E-state index contributed by atoms with van der Waals surface area (Å²) in [7, 11) is 5.90. The molecule has 45 heavy (non-hydrogen) atoms. The minimum absolute atomic E-state index is 0.0145. The molecular formula is C32H45F3N8O2. The van der Waals surface area contributed by atoms with Gasteiger partial charge in [-0.1, -0.05) is 6.42 Å². The van der Waals surface area contributed by atoms with Crippen LogP contribution in [0.2, 0.25) is 0 Å². The van der Waals surface area contributed by atoms with E-state index in [0.29, 0.717) is 30.6 Å². The number of hydrogen-bond donors (Lipinski definition) is 2. The lowest BCUT2D eigenvalue weighted by atomic mass is 10.0. The van der Waals surface area contributed by atoms with Crippen LogP contribution in [0.15, 0.2) is 30.5 Å². The van der Waals surface area contributed by atoms with Crippen LogP contribution in [0.5, 0.6) is 0 Å². The Labute approximate surface area is 263 Å². The molecule has 3 heterocycles. The lowest BCUT2D eigenvalue weighted by Gasteiger charge is -2.35. The van der Waals surface area contributed by atoms with E-state index in [0.717, 1.165) is 57.9 Å². The highest BCUT2D eigenvalue weighted by Crippen LogP contribution is 2.37. The van der Waals surface area contributed by atoms with Crippen molar-refractivity contribution < 1.29 is 22.8 Å². The average molecular weight is 631 g/mol. The molecule has 1 unspecified atom stereocenters. The first-order valence-corrected chi connectivity index (χ1v) is 16.0. The summed E-state index contributed by atoms with van der Waals surface area (Å²) in [5.41, 5.74) is 0.0823. The number of piperidine rings is 1. The van der Waals surface area contributed by atoms with Crippen molar-refractivity contribution >= 4 is 29.3 Å². The number of nitrogens with zero attached hydrogens (tertiary/aromatic N) is 6. The SMILES string of the molecule is CCN(C(=O)[C@H]1CCC[C@H]1Nc1nc(Nc2ccc(C(=O)N(C)C3CCN(C)CC3)cc2)ncc1C(F)(F)F)C1CCCN1C. The van der Waals surface area contributed by atoms with Crippen LogP contribution in [0.1, 0.15) is 67.8 Å². The maximum absolute atomic E-state index is 14.0. The number of hydrogen-bond acceptors (Lipinski definition) is 8. The Morgan fingerprint density at radius 1 is 1.00 bits per heavy atom. The number of amides is 2. The van der Waals surface area contributed by atoms with Crippen molar-refractivity contribution in [3.8, 4) is 0 Å². The summed E-state index contributed by atoms with van der Waals surface area (Å²) >= 11 is 0. The van der Waals surface area contributed by atoms with E-state index in [1.54, 1.807) is 29.2 Å². The lowest BCUT2D eigenvalue weighted by molar-refractivity contribution is -0.140. The normalized spacial score (nSPS) is 23.2. The number of anilines is 3. The molecule has 2 saturated heterocycles.